The van der Waals surface area contributed by atoms with Crippen LogP contribution in [0.5, 0.6) is 0 Å². The van der Waals surface area contributed by atoms with Crippen LogP contribution in [0, 0.1) is 0 Å². The molecule has 148 valence electrons. The Hall–Kier alpha value is -2.17. The molecule has 0 amide bonds. The minimum Gasteiger partial charge on any atom is -0.466 e. The van der Waals surface area contributed by atoms with Crippen LogP contribution in [0.25, 0.3) is 0 Å². The number of hydrogen-bond acceptors (Lipinski definition) is 4. The zero-order valence-electron chi connectivity index (χ0n) is 16.6. The Balaban J connectivity index is 1.48. The van der Waals surface area contributed by atoms with Crippen molar-refractivity contribution in [3.8, 4) is 0 Å². The van der Waals surface area contributed by atoms with Gasteiger partial charge in [0.05, 0.1) is 24.7 Å². The van der Waals surface area contributed by atoms with Gasteiger partial charge in [-0.3, -0.25) is 9.69 Å². The maximum atomic E-state index is 12.0. The highest BCUT2D eigenvalue weighted by Crippen LogP contribution is 2.44. The lowest BCUT2D eigenvalue weighted by Gasteiger charge is -2.47. The lowest BCUT2D eigenvalue weighted by atomic mass is 9.78. The molecule has 1 saturated heterocycles. The molecule has 2 aromatic carbocycles. The van der Waals surface area contributed by atoms with Gasteiger partial charge in [0.2, 0.25) is 0 Å². The zero-order valence-corrected chi connectivity index (χ0v) is 16.6. The third-order valence-electron chi connectivity index (χ3n) is 5.96. The van der Waals surface area contributed by atoms with Crippen LogP contribution in [0.4, 0.5) is 0 Å². The van der Waals surface area contributed by atoms with Crippen molar-refractivity contribution in [1.29, 1.82) is 0 Å². The standard InChI is InChI=1S/C24H29NO3/c1-2-27-23(26)17-21-16-20-10-6-7-11-22(20)24(28-21)12-14-25(15-13-24)18-19-8-4-3-5-9-19/h3-11,21H,2,12-18H2,1H3/t21-/m1/s1. The van der Waals surface area contributed by atoms with E-state index in [1.807, 2.05) is 6.92 Å². The first-order valence-electron chi connectivity index (χ1n) is 10.4. The molecule has 0 N–H and O–H groups in total. The summed E-state index contributed by atoms with van der Waals surface area (Å²) in [6.45, 7) is 5.23. The summed E-state index contributed by atoms with van der Waals surface area (Å²) < 4.78 is 11.8. The Labute approximate surface area is 167 Å². The first-order chi connectivity index (χ1) is 13.7. The number of carbonyl (C=O) groups excluding carboxylic acids is 1. The maximum absolute atomic E-state index is 12.0. The van der Waals surface area contributed by atoms with Gasteiger partial charge in [0.1, 0.15) is 0 Å². The summed E-state index contributed by atoms with van der Waals surface area (Å²) in [6.07, 6.45) is 2.92. The molecule has 1 spiro atoms. The zero-order chi connectivity index (χ0) is 19.4. The van der Waals surface area contributed by atoms with Gasteiger partial charge in [0.25, 0.3) is 0 Å². The maximum Gasteiger partial charge on any atom is 0.308 e. The Morgan fingerprint density at radius 1 is 1.11 bits per heavy atom. The summed E-state index contributed by atoms with van der Waals surface area (Å²) in [5.41, 5.74) is 3.71. The lowest BCUT2D eigenvalue weighted by Crippen LogP contribution is -2.49. The van der Waals surface area contributed by atoms with E-state index < -0.39 is 0 Å². The van der Waals surface area contributed by atoms with Crippen LogP contribution in [-0.2, 0) is 32.8 Å². The number of hydrogen-bond donors (Lipinski definition) is 0. The van der Waals surface area contributed by atoms with Crippen molar-refractivity contribution < 1.29 is 14.3 Å². The van der Waals surface area contributed by atoms with Gasteiger partial charge in [-0.2, -0.15) is 0 Å². The molecule has 1 fully saturated rings. The molecule has 4 nitrogen and oxygen atoms in total. The van der Waals surface area contributed by atoms with Gasteiger partial charge in [0, 0.05) is 19.6 Å². The highest BCUT2D eigenvalue weighted by atomic mass is 16.5. The number of rotatable bonds is 5. The fourth-order valence-electron chi connectivity index (χ4n) is 4.63. The van der Waals surface area contributed by atoms with Crippen molar-refractivity contribution in [3.63, 3.8) is 0 Å². The van der Waals surface area contributed by atoms with Gasteiger partial charge in [-0.1, -0.05) is 54.6 Å². The van der Waals surface area contributed by atoms with Crippen LogP contribution in [-0.4, -0.2) is 36.7 Å². The van der Waals surface area contributed by atoms with E-state index in [4.69, 9.17) is 9.47 Å². The van der Waals surface area contributed by atoms with Crippen LogP contribution in [0.2, 0.25) is 0 Å². The molecular formula is C24H29NO3. The molecule has 4 rings (SSSR count). The van der Waals surface area contributed by atoms with E-state index >= 15 is 0 Å². The summed E-state index contributed by atoms with van der Waals surface area (Å²) in [5, 5.41) is 0. The first kappa shape index (κ1) is 19.2. The van der Waals surface area contributed by atoms with Gasteiger partial charge in [-0.15, -0.1) is 0 Å². The fraction of sp³-hybridized carbons (Fsp3) is 0.458. The van der Waals surface area contributed by atoms with E-state index in [9.17, 15) is 4.79 Å². The van der Waals surface area contributed by atoms with Crippen LogP contribution in [0.15, 0.2) is 54.6 Å². The summed E-state index contributed by atoms with van der Waals surface area (Å²) in [6, 6.07) is 19.2. The van der Waals surface area contributed by atoms with Crippen LogP contribution < -0.4 is 0 Å². The minimum atomic E-state index is -0.279. The molecule has 2 heterocycles. The Bertz CT molecular complexity index is 797. The second-order valence-electron chi connectivity index (χ2n) is 7.87. The molecule has 28 heavy (non-hydrogen) atoms. The van der Waals surface area contributed by atoms with Crippen molar-refractivity contribution in [3.05, 3.63) is 71.3 Å². The normalized spacial score (nSPS) is 21.2. The van der Waals surface area contributed by atoms with Crippen molar-refractivity contribution >= 4 is 5.97 Å². The van der Waals surface area contributed by atoms with Gasteiger partial charge in [-0.25, -0.2) is 0 Å². The first-order valence-corrected chi connectivity index (χ1v) is 10.4. The third-order valence-corrected chi connectivity index (χ3v) is 5.96. The van der Waals surface area contributed by atoms with E-state index in [-0.39, 0.29) is 17.7 Å². The fourth-order valence-corrected chi connectivity index (χ4v) is 4.63. The van der Waals surface area contributed by atoms with Crippen LogP contribution in [0.3, 0.4) is 0 Å². The summed E-state index contributed by atoms with van der Waals surface area (Å²) in [7, 11) is 0. The van der Waals surface area contributed by atoms with E-state index in [1.165, 1.54) is 16.7 Å². The minimum absolute atomic E-state index is 0.102. The van der Waals surface area contributed by atoms with E-state index in [0.717, 1.165) is 38.9 Å². The molecular weight excluding hydrogens is 350 g/mol. The lowest BCUT2D eigenvalue weighted by molar-refractivity contribution is -0.162. The number of benzene rings is 2. The topological polar surface area (TPSA) is 38.8 Å². The van der Waals surface area contributed by atoms with Gasteiger partial charge in [-0.05, 0) is 42.9 Å². The second-order valence-corrected chi connectivity index (χ2v) is 7.87. The largest absolute Gasteiger partial charge is 0.466 e. The van der Waals surface area contributed by atoms with Gasteiger partial charge in [0.15, 0.2) is 0 Å². The second kappa shape index (κ2) is 8.46. The number of ether oxygens (including phenoxy) is 2. The van der Waals surface area contributed by atoms with Crippen molar-refractivity contribution in [2.45, 2.75) is 50.9 Å². The molecule has 2 aliphatic rings. The average Bonchev–Trinajstić information content (AvgIpc) is 2.71. The van der Waals surface area contributed by atoms with E-state index in [0.29, 0.717) is 13.0 Å². The highest BCUT2D eigenvalue weighted by molar-refractivity contribution is 5.70. The van der Waals surface area contributed by atoms with Crippen molar-refractivity contribution in [1.82, 2.24) is 4.90 Å². The molecule has 2 aromatic rings. The Morgan fingerprint density at radius 2 is 1.82 bits per heavy atom. The quantitative estimate of drug-likeness (QED) is 0.734. The molecule has 0 aromatic heterocycles. The average molecular weight is 380 g/mol. The van der Waals surface area contributed by atoms with Gasteiger partial charge < -0.3 is 9.47 Å². The molecule has 0 radical (unpaired) electrons. The number of carbonyl (C=O) groups is 1. The third kappa shape index (κ3) is 4.13. The number of nitrogens with zero attached hydrogens (tertiary/aromatic N) is 1. The van der Waals surface area contributed by atoms with Crippen LogP contribution in [0.1, 0.15) is 42.9 Å². The Morgan fingerprint density at radius 3 is 2.57 bits per heavy atom. The Kier molecular flexibility index (Phi) is 5.79. The van der Waals surface area contributed by atoms with Crippen molar-refractivity contribution in [2.75, 3.05) is 19.7 Å². The summed E-state index contributed by atoms with van der Waals surface area (Å²) in [5.74, 6) is -0.163. The molecule has 0 bridgehead atoms. The smallest absolute Gasteiger partial charge is 0.308 e. The predicted molar refractivity (Wildman–Crippen MR) is 109 cm³/mol. The van der Waals surface area contributed by atoms with E-state index in [1.54, 1.807) is 0 Å². The molecule has 1 atom stereocenters. The summed E-state index contributed by atoms with van der Waals surface area (Å²) >= 11 is 0. The van der Waals surface area contributed by atoms with Crippen molar-refractivity contribution in [2.24, 2.45) is 0 Å². The highest BCUT2D eigenvalue weighted by Gasteiger charge is 2.43. The number of fused-ring (bicyclic) bond motifs is 2. The van der Waals surface area contributed by atoms with Crippen LogP contribution >= 0.6 is 0 Å². The number of likely N-dealkylation sites (tertiary alicyclic amines) is 1. The van der Waals surface area contributed by atoms with E-state index in [2.05, 4.69) is 59.5 Å². The molecule has 4 heteroatoms. The van der Waals surface area contributed by atoms with Gasteiger partial charge >= 0.3 is 5.97 Å². The SMILES string of the molecule is CCOC(=O)C[C@H]1Cc2ccccc2C2(CCN(Cc3ccccc3)CC2)O1. The molecule has 0 saturated carbocycles. The monoisotopic (exact) mass is 379 g/mol. The summed E-state index contributed by atoms with van der Waals surface area (Å²) in [4.78, 5) is 14.5. The number of esters is 1. The number of piperidine rings is 1. The predicted octanol–water partition coefficient (Wildman–Crippen LogP) is 4.07. The molecule has 0 unspecified atom stereocenters. The molecule has 2 aliphatic heterocycles. The molecule has 0 aliphatic carbocycles.